The van der Waals surface area contributed by atoms with Gasteiger partial charge < -0.3 is 9.47 Å². The molecule has 2 aliphatic heterocycles. The van der Waals surface area contributed by atoms with Gasteiger partial charge in [0.15, 0.2) is 0 Å². The summed E-state index contributed by atoms with van der Waals surface area (Å²) in [6, 6.07) is 7.63. The highest BCUT2D eigenvalue weighted by Gasteiger charge is 2.38. The number of sulfonamides is 1. The van der Waals surface area contributed by atoms with Crippen molar-refractivity contribution in [2.45, 2.75) is 42.7 Å². The van der Waals surface area contributed by atoms with Crippen LogP contribution in [0.4, 0.5) is 0 Å². The second-order valence-corrected chi connectivity index (χ2v) is 8.91. The summed E-state index contributed by atoms with van der Waals surface area (Å²) in [4.78, 5) is 0.260. The van der Waals surface area contributed by atoms with E-state index >= 15 is 0 Å². The average Bonchev–Trinajstić information content (AvgIpc) is 3.39. The van der Waals surface area contributed by atoms with Gasteiger partial charge >= 0.3 is 0 Å². The summed E-state index contributed by atoms with van der Waals surface area (Å²) in [6.07, 6.45) is 6.47. The minimum atomic E-state index is -3.62. The SMILES string of the molecule is COc1ccccc1[C@@H]1CCCN1S(=O)(=O)c1cnn(C2CCOCC2)c1. The molecule has 0 radical (unpaired) electrons. The van der Waals surface area contributed by atoms with E-state index in [0.29, 0.717) is 19.8 Å². The zero-order valence-corrected chi connectivity index (χ0v) is 16.3. The number of aromatic nitrogens is 2. The molecule has 2 fully saturated rings. The standard InChI is InChI=1S/C19H25N3O4S/c1-25-19-7-3-2-5-17(19)18-6-4-10-22(18)27(23,24)16-13-20-21(14-16)15-8-11-26-12-9-15/h2-3,5,7,13-15,18H,4,6,8-12H2,1H3/t18-/m0/s1. The number of benzene rings is 1. The first-order valence-corrected chi connectivity index (χ1v) is 10.8. The van der Waals surface area contributed by atoms with Crippen LogP contribution in [0.5, 0.6) is 5.75 Å². The van der Waals surface area contributed by atoms with E-state index in [1.165, 1.54) is 6.20 Å². The van der Waals surface area contributed by atoms with E-state index in [1.807, 2.05) is 24.3 Å². The Morgan fingerprint density at radius 2 is 1.96 bits per heavy atom. The van der Waals surface area contributed by atoms with Gasteiger partial charge in [-0.15, -0.1) is 0 Å². The van der Waals surface area contributed by atoms with Gasteiger partial charge in [0.05, 0.1) is 25.4 Å². The molecule has 0 saturated carbocycles. The topological polar surface area (TPSA) is 73.7 Å². The minimum absolute atomic E-state index is 0.200. The molecular weight excluding hydrogens is 366 g/mol. The molecular formula is C19H25N3O4S. The largest absolute Gasteiger partial charge is 0.496 e. The number of hydrogen-bond donors (Lipinski definition) is 0. The summed E-state index contributed by atoms with van der Waals surface area (Å²) in [7, 11) is -2.00. The number of nitrogens with zero attached hydrogens (tertiary/aromatic N) is 3. The molecule has 1 aromatic heterocycles. The summed E-state index contributed by atoms with van der Waals surface area (Å²) in [5, 5.41) is 4.34. The molecule has 1 aromatic carbocycles. The Bertz CT molecular complexity index is 890. The lowest BCUT2D eigenvalue weighted by Crippen LogP contribution is -2.30. The highest BCUT2D eigenvalue weighted by molar-refractivity contribution is 7.89. The van der Waals surface area contributed by atoms with Crippen LogP contribution in [0.3, 0.4) is 0 Å². The fourth-order valence-electron chi connectivity index (χ4n) is 4.02. The van der Waals surface area contributed by atoms with Gasteiger partial charge in [0.25, 0.3) is 0 Å². The van der Waals surface area contributed by atoms with Gasteiger partial charge in [-0.1, -0.05) is 18.2 Å². The molecule has 2 aliphatic rings. The van der Waals surface area contributed by atoms with Crippen LogP contribution in [0, 0.1) is 0 Å². The highest BCUT2D eigenvalue weighted by atomic mass is 32.2. The van der Waals surface area contributed by atoms with Crippen molar-refractivity contribution in [3.8, 4) is 5.75 Å². The van der Waals surface area contributed by atoms with E-state index in [1.54, 1.807) is 22.3 Å². The summed E-state index contributed by atoms with van der Waals surface area (Å²) in [5.41, 5.74) is 0.915. The van der Waals surface area contributed by atoms with Gasteiger partial charge in [0.2, 0.25) is 10.0 Å². The fraction of sp³-hybridized carbons (Fsp3) is 0.526. The minimum Gasteiger partial charge on any atom is -0.496 e. The van der Waals surface area contributed by atoms with Gasteiger partial charge in [-0.25, -0.2) is 8.42 Å². The summed E-state index contributed by atoms with van der Waals surface area (Å²) in [5.74, 6) is 0.725. The molecule has 0 bridgehead atoms. The van der Waals surface area contributed by atoms with E-state index in [0.717, 1.165) is 37.0 Å². The number of methoxy groups -OCH3 is 1. The van der Waals surface area contributed by atoms with Crippen molar-refractivity contribution >= 4 is 10.0 Å². The number of hydrogen-bond acceptors (Lipinski definition) is 5. The summed E-state index contributed by atoms with van der Waals surface area (Å²) < 4.78 is 40.9. The zero-order chi connectivity index (χ0) is 18.9. The molecule has 0 aliphatic carbocycles. The first-order chi connectivity index (χ1) is 13.1. The normalized spacial score (nSPS) is 22.2. The Balaban J connectivity index is 1.62. The van der Waals surface area contributed by atoms with Crippen molar-refractivity contribution < 1.29 is 17.9 Å². The molecule has 0 spiro atoms. The first kappa shape index (κ1) is 18.5. The molecule has 7 nitrogen and oxygen atoms in total. The van der Waals surface area contributed by atoms with Crippen LogP contribution >= 0.6 is 0 Å². The molecule has 2 aromatic rings. The van der Waals surface area contributed by atoms with Crippen LogP contribution in [0.1, 0.15) is 43.3 Å². The lowest BCUT2D eigenvalue weighted by Gasteiger charge is -2.25. The number of para-hydroxylation sites is 1. The molecule has 0 amide bonds. The Kier molecular flexibility index (Phi) is 5.21. The molecule has 1 atom stereocenters. The Morgan fingerprint density at radius 3 is 2.74 bits per heavy atom. The lowest BCUT2D eigenvalue weighted by atomic mass is 10.0. The predicted octanol–water partition coefficient (Wildman–Crippen LogP) is 2.77. The second kappa shape index (κ2) is 7.61. The third-order valence-electron chi connectivity index (χ3n) is 5.45. The van der Waals surface area contributed by atoms with Crippen LogP contribution in [-0.2, 0) is 14.8 Å². The molecule has 3 heterocycles. The third-order valence-corrected chi connectivity index (χ3v) is 7.31. The summed E-state index contributed by atoms with van der Waals surface area (Å²) in [6.45, 7) is 1.89. The van der Waals surface area contributed by atoms with Gasteiger partial charge in [0.1, 0.15) is 10.6 Å². The monoisotopic (exact) mass is 391 g/mol. The second-order valence-electron chi connectivity index (χ2n) is 7.02. The highest BCUT2D eigenvalue weighted by Crippen LogP contribution is 2.40. The van der Waals surface area contributed by atoms with Crippen LogP contribution in [-0.4, -0.2) is 49.4 Å². The summed E-state index contributed by atoms with van der Waals surface area (Å²) >= 11 is 0. The Morgan fingerprint density at radius 1 is 1.19 bits per heavy atom. The van der Waals surface area contributed by atoms with E-state index in [9.17, 15) is 8.42 Å². The Hall–Kier alpha value is -1.90. The van der Waals surface area contributed by atoms with Crippen molar-refractivity contribution in [3.05, 3.63) is 42.2 Å². The van der Waals surface area contributed by atoms with Crippen molar-refractivity contribution in [2.24, 2.45) is 0 Å². The smallest absolute Gasteiger partial charge is 0.246 e. The maximum absolute atomic E-state index is 13.3. The lowest BCUT2D eigenvalue weighted by molar-refractivity contribution is 0.0662. The maximum atomic E-state index is 13.3. The predicted molar refractivity (Wildman–Crippen MR) is 100 cm³/mol. The zero-order valence-electron chi connectivity index (χ0n) is 15.5. The van der Waals surface area contributed by atoms with Crippen molar-refractivity contribution in [1.82, 2.24) is 14.1 Å². The van der Waals surface area contributed by atoms with E-state index in [2.05, 4.69) is 5.10 Å². The average molecular weight is 391 g/mol. The Labute approximate surface area is 159 Å². The van der Waals surface area contributed by atoms with Crippen molar-refractivity contribution in [1.29, 1.82) is 0 Å². The van der Waals surface area contributed by atoms with Crippen molar-refractivity contribution in [2.75, 3.05) is 26.9 Å². The number of ether oxygens (including phenoxy) is 2. The number of rotatable bonds is 5. The van der Waals surface area contributed by atoms with Gasteiger partial charge in [-0.05, 0) is 31.7 Å². The maximum Gasteiger partial charge on any atom is 0.246 e. The molecule has 0 N–H and O–H groups in total. The van der Waals surface area contributed by atoms with E-state index in [-0.39, 0.29) is 17.0 Å². The first-order valence-electron chi connectivity index (χ1n) is 9.38. The van der Waals surface area contributed by atoms with Crippen LogP contribution in [0.15, 0.2) is 41.6 Å². The molecule has 8 heteroatoms. The van der Waals surface area contributed by atoms with Gasteiger partial charge in [-0.2, -0.15) is 9.40 Å². The van der Waals surface area contributed by atoms with Crippen LogP contribution < -0.4 is 4.74 Å². The van der Waals surface area contributed by atoms with E-state index < -0.39 is 10.0 Å². The van der Waals surface area contributed by atoms with Gasteiger partial charge in [0, 0.05) is 31.5 Å². The molecule has 4 rings (SSSR count). The quantitative estimate of drug-likeness (QED) is 0.784. The van der Waals surface area contributed by atoms with Crippen LogP contribution in [0.2, 0.25) is 0 Å². The van der Waals surface area contributed by atoms with Crippen molar-refractivity contribution in [3.63, 3.8) is 0 Å². The molecule has 27 heavy (non-hydrogen) atoms. The fourth-order valence-corrected chi connectivity index (χ4v) is 5.63. The third kappa shape index (κ3) is 3.49. The van der Waals surface area contributed by atoms with Crippen LogP contribution in [0.25, 0.3) is 0 Å². The molecule has 2 saturated heterocycles. The van der Waals surface area contributed by atoms with E-state index in [4.69, 9.17) is 9.47 Å². The molecule has 146 valence electrons. The van der Waals surface area contributed by atoms with Gasteiger partial charge in [-0.3, -0.25) is 4.68 Å². The molecule has 0 unspecified atom stereocenters.